The molecule has 0 bridgehead atoms. The molecule has 1 atom stereocenters. The van der Waals surface area contributed by atoms with E-state index in [0.29, 0.717) is 11.8 Å². The highest BCUT2D eigenvalue weighted by Crippen LogP contribution is 2.29. The molecule has 0 unspecified atom stereocenters. The highest BCUT2D eigenvalue weighted by Gasteiger charge is 2.40. The molecule has 1 saturated carbocycles. The number of para-hydroxylation sites is 1. The Kier molecular flexibility index (Phi) is 5.52. The molecule has 2 aromatic rings. The van der Waals surface area contributed by atoms with Crippen LogP contribution in [-0.2, 0) is 11.2 Å². The Hall–Kier alpha value is -2.62. The van der Waals surface area contributed by atoms with Gasteiger partial charge in [-0.25, -0.2) is 0 Å². The number of hydrazone groups is 1. The van der Waals surface area contributed by atoms with Crippen LogP contribution in [0.2, 0.25) is 0 Å². The van der Waals surface area contributed by atoms with Crippen molar-refractivity contribution >= 4 is 17.3 Å². The van der Waals surface area contributed by atoms with Gasteiger partial charge in [0.2, 0.25) is 0 Å². The minimum atomic E-state index is 0.117. The maximum atomic E-state index is 13.2. The van der Waals surface area contributed by atoms with Crippen LogP contribution < -0.4 is 5.43 Å². The Morgan fingerprint density at radius 3 is 2.30 bits per heavy atom. The van der Waals surface area contributed by atoms with Crippen molar-refractivity contribution in [2.45, 2.75) is 44.6 Å². The van der Waals surface area contributed by atoms with Crippen LogP contribution in [0.3, 0.4) is 0 Å². The zero-order valence-electron chi connectivity index (χ0n) is 15.7. The van der Waals surface area contributed by atoms with Crippen molar-refractivity contribution in [3.63, 3.8) is 0 Å². The molecule has 2 aliphatic rings. The van der Waals surface area contributed by atoms with E-state index in [0.717, 1.165) is 31.5 Å². The first-order valence-corrected chi connectivity index (χ1v) is 10.0. The third-order valence-electron chi connectivity index (χ3n) is 5.70. The van der Waals surface area contributed by atoms with Gasteiger partial charge in [0.15, 0.2) is 0 Å². The molecular formula is C23H27N3O. The van der Waals surface area contributed by atoms with Crippen LogP contribution in [0.1, 0.15) is 37.7 Å². The van der Waals surface area contributed by atoms with Gasteiger partial charge >= 0.3 is 0 Å². The van der Waals surface area contributed by atoms with Crippen molar-refractivity contribution in [2.75, 3.05) is 12.0 Å². The third kappa shape index (κ3) is 4.21. The summed E-state index contributed by atoms with van der Waals surface area (Å²) in [6, 6.07) is 20.6. The third-order valence-corrected chi connectivity index (χ3v) is 5.70. The number of hydrogen-bond acceptors (Lipinski definition) is 3. The molecule has 4 rings (SSSR count). The van der Waals surface area contributed by atoms with E-state index in [-0.39, 0.29) is 11.8 Å². The van der Waals surface area contributed by atoms with Crippen LogP contribution in [0.25, 0.3) is 0 Å². The van der Waals surface area contributed by atoms with E-state index in [9.17, 15) is 4.79 Å². The number of nitrogens with one attached hydrogen (secondary N) is 1. The number of carbonyl (C=O) groups is 1. The predicted molar refractivity (Wildman–Crippen MR) is 110 cm³/mol. The van der Waals surface area contributed by atoms with Crippen molar-refractivity contribution in [1.29, 1.82) is 0 Å². The van der Waals surface area contributed by atoms with E-state index in [1.165, 1.54) is 24.8 Å². The van der Waals surface area contributed by atoms with Gasteiger partial charge in [-0.05, 0) is 37.0 Å². The smallest absolute Gasteiger partial charge is 0.270 e. The molecular weight excluding hydrogens is 334 g/mol. The lowest BCUT2D eigenvalue weighted by Gasteiger charge is -2.30. The minimum Gasteiger partial charge on any atom is -0.334 e. The first kappa shape index (κ1) is 17.8. The quantitative estimate of drug-likeness (QED) is 0.798. The van der Waals surface area contributed by atoms with Crippen LogP contribution in [0.5, 0.6) is 0 Å². The molecule has 2 aromatic carbocycles. The van der Waals surface area contributed by atoms with E-state index in [1.54, 1.807) is 0 Å². The highest BCUT2D eigenvalue weighted by molar-refractivity contribution is 6.41. The van der Waals surface area contributed by atoms with Crippen molar-refractivity contribution in [1.82, 2.24) is 4.90 Å². The van der Waals surface area contributed by atoms with E-state index in [2.05, 4.69) is 39.7 Å². The number of amides is 1. The summed E-state index contributed by atoms with van der Waals surface area (Å²) >= 11 is 0. The van der Waals surface area contributed by atoms with Gasteiger partial charge in [-0.2, -0.15) is 5.10 Å². The first-order valence-electron chi connectivity index (χ1n) is 10.0. The van der Waals surface area contributed by atoms with Crippen LogP contribution in [0, 0.1) is 5.92 Å². The number of likely N-dealkylation sites (tertiary alicyclic amines) is 1. The number of benzene rings is 2. The number of nitrogens with zero attached hydrogens (tertiary/aromatic N) is 2. The Morgan fingerprint density at radius 2 is 1.59 bits per heavy atom. The first-order chi connectivity index (χ1) is 13.3. The highest BCUT2D eigenvalue weighted by atomic mass is 16.2. The topological polar surface area (TPSA) is 44.7 Å². The summed E-state index contributed by atoms with van der Waals surface area (Å²) in [5.41, 5.74) is 5.94. The molecule has 4 heteroatoms. The number of carbonyl (C=O) groups excluding carboxylic acids is 1. The van der Waals surface area contributed by atoms with Crippen molar-refractivity contribution < 1.29 is 4.79 Å². The van der Waals surface area contributed by atoms with Gasteiger partial charge in [0, 0.05) is 18.5 Å². The normalized spacial score (nSPS) is 22.4. The number of anilines is 1. The summed E-state index contributed by atoms with van der Waals surface area (Å²) in [4.78, 5) is 15.3. The molecule has 140 valence electrons. The fraction of sp³-hybridized carbons (Fsp3) is 0.391. The zero-order valence-corrected chi connectivity index (χ0v) is 15.7. The molecule has 1 aliphatic heterocycles. The molecule has 0 spiro atoms. The maximum Gasteiger partial charge on any atom is 0.270 e. The van der Waals surface area contributed by atoms with Gasteiger partial charge in [-0.15, -0.1) is 0 Å². The molecule has 1 amide bonds. The fourth-order valence-corrected chi connectivity index (χ4v) is 4.27. The monoisotopic (exact) mass is 361 g/mol. The molecule has 0 aromatic heterocycles. The Balaban J connectivity index is 1.56. The van der Waals surface area contributed by atoms with Gasteiger partial charge in [0.1, 0.15) is 5.71 Å². The number of hydrogen-bond donors (Lipinski definition) is 1. The van der Waals surface area contributed by atoms with E-state index >= 15 is 0 Å². The van der Waals surface area contributed by atoms with Crippen LogP contribution >= 0.6 is 0 Å². The van der Waals surface area contributed by atoms with E-state index < -0.39 is 0 Å². The SMILES string of the molecule is O=C1/C(=N/Nc2ccccc2)[C@@H](Cc2ccccc2)CN1C1CCCCC1. The molecule has 2 fully saturated rings. The van der Waals surface area contributed by atoms with E-state index in [4.69, 9.17) is 0 Å². The molecule has 1 heterocycles. The lowest BCUT2D eigenvalue weighted by molar-refractivity contribution is -0.125. The average Bonchev–Trinajstić information content (AvgIpc) is 3.04. The zero-order chi connectivity index (χ0) is 18.5. The summed E-state index contributed by atoms with van der Waals surface area (Å²) in [6.07, 6.45) is 6.86. The Labute approximate surface area is 161 Å². The second-order valence-corrected chi connectivity index (χ2v) is 7.61. The van der Waals surface area contributed by atoms with E-state index in [1.807, 2.05) is 36.4 Å². The number of rotatable bonds is 5. The molecule has 27 heavy (non-hydrogen) atoms. The molecule has 1 saturated heterocycles. The van der Waals surface area contributed by atoms with Gasteiger partial charge in [0.25, 0.3) is 5.91 Å². The van der Waals surface area contributed by atoms with Gasteiger partial charge in [-0.3, -0.25) is 10.2 Å². The van der Waals surface area contributed by atoms with Crippen LogP contribution in [0.4, 0.5) is 5.69 Å². The van der Waals surface area contributed by atoms with Crippen LogP contribution in [-0.4, -0.2) is 29.1 Å². The predicted octanol–water partition coefficient (Wildman–Crippen LogP) is 4.49. The summed E-state index contributed by atoms with van der Waals surface area (Å²) in [5, 5.41) is 4.57. The molecule has 1 N–H and O–H groups in total. The molecule has 1 aliphatic carbocycles. The van der Waals surface area contributed by atoms with Gasteiger partial charge < -0.3 is 4.90 Å². The van der Waals surface area contributed by atoms with Gasteiger partial charge in [0.05, 0.1) is 5.69 Å². The van der Waals surface area contributed by atoms with Crippen molar-refractivity contribution in [3.05, 3.63) is 66.2 Å². The maximum absolute atomic E-state index is 13.2. The summed E-state index contributed by atoms with van der Waals surface area (Å²) < 4.78 is 0. The largest absolute Gasteiger partial charge is 0.334 e. The molecule has 0 radical (unpaired) electrons. The second kappa shape index (κ2) is 8.38. The molecule has 4 nitrogen and oxygen atoms in total. The summed E-state index contributed by atoms with van der Waals surface area (Å²) in [5.74, 6) is 0.254. The van der Waals surface area contributed by atoms with Crippen molar-refractivity contribution in [3.8, 4) is 0 Å². The lowest BCUT2D eigenvalue weighted by atomic mass is 9.94. The fourth-order valence-electron chi connectivity index (χ4n) is 4.27. The Morgan fingerprint density at radius 1 is 0.926 bits per heavy atom. The minimum absolute atomic E-state index is 0.117. The standard InChI is InChI=1S/C23H27N3O/c27-23-22(25-24-20-12-6-2-7-13-20)19(16-18-10-4-1-5-11-18)17-26(23)21-14-8-3-9-15-21/h1-2,4-7,10-13,19,21,24H,3,8-9,14-17H2/b25-22+/t19-/m0/s1. The Bertz CT molecular complexity index is 782. The second-order valence-electron chi connectivity index (χ2n) is 7.61. The summed E-state index contributed by atoms with van der Waals surface area (Å²) in [7, 11) is 0. The van der Waals surface area contributed by atoms with Crippen molar-refractivity contribution in [2.24, 2.45) is 11.0 Å². The van der Waals surface area contributed by atoms with Crippen LogP contribution in [0.15, 0.2) is 65.8 Å². The lowest BCUT2D eigenvalue weighted by Crippen LogP contribution is -2.39. The average molecular weight is 361 g/mol. The van der Waals surface area contributed by atoms with Gasteiger partial charge in [-0.1, -0.05) is 67.8 Å². The summed E-state index contributed by atoms with van der Waals surface area (Å²) in [6.45, 7) is 0.785.